The van der Waals surface area contributed by atoms with E-state index in [0.29, 0.717) is 0 Å². The van der Waals surface area contributed by atoms with Gasteiger partial charge >= 0.3 is 0 Å². The lowest BCUT2D eigenvalue weighted by Crippen LogP contribution is -2.30. The van der Waals surface area contributed by atoms with Gasteiger partial charge in [0.1, 0.15) is 0 Å². The van der Waals surface area contributed by atoms with Gasteiger partial charge in [-0.25, -0.2) is 0 Å². The van der Waals surface area contributed by atoms with Gasteiger partial charge in [0, 0.05) is 29.8 Å². The van der Waals surface area contributed by atoms with E-state index in [0.717, 1.165) is 18.3 Å². The Kier molecular flexibility index (Phi) is 5.59. The first-order valence-electron chi connectivity index (χ1n) is 5.88. The van der Waals surface area contributed by atoms with E-state index < -0.39 is 0 Å². The maximum Gasteiger partial charge on any atom is 0.0185 e. The Morgan fingerprint density at radius 3 is 2.94 bits per heavy atom. The smallest absolute Gasteiger partial charge is 0.0185 e. The fraction of sp³-hybridized carbons (Fsp3) is 0.538. The maximum absolute atomic E-state index is 3.63. The predicted molar refractivity (Wildman–Crippen MR) is 76.3 cm³/mol. The van der Waals surface area contributed by atoms with Crippen molar-refractivity contribution in [1.82, 2.24) is 5.32 Å². The number of hydrogen-bond donors (Lipinski definition) is 1. The van der Waals surface area contributed by atoms with Crippen LogP contribution < -0.4 is 5.32 Å². The fourth-order valence-electron chi connectivity index (χ4n) is 1.79. The van der Waals surface area contributed by atoms with Crippen LogP contribution in [0.5, 0.6) is 0 Å². The van der Waals surface area contributed by atoms with Crippen LogP contribution in [0.25, 0.3) is 0 Å². The zero-order valence-electron chi connectivity index (χ0n) is 9.52. The highest BCUT2D eigenvalue weighted by molar-refractivity contribution is 7.99. The van der Waals surface area contributed by atoms with Gasteiger partial charge in [-0.15, -0.1) is 0 Å². The third kappa shape index (κ3) is 4.40. The van der Waals surface area contributed by atoms with Crippen LogP contribution in [0.3, 0.4) is 0 Å². The first-order valence-corrected chi connectivity index (χ1v) is 8.19. The average molecular weight is 253 g/mol. The second-order valence-electron chi connectivity index (χ2n) is 4.05. The van der Waals surface area contributed by atoms with Crippen molar-refractivity contribution in [2.45, 2.75) is 18.2 Å². The summed E-state index contributed by atoms with van der Waals surface area (Å²) in [5.41, 5.74) is 1.43. The van der Waals surface area contributed by atoms with E-state index >= 15 is 0 Å². The van der Waals surface area contributed by atoms with Crippen LogP contribution in [0, 0.1) is 0 Å². The molecule has 16 heavy (non-hydrogen) atoms. The van der Waals surface area contributed by atoms with Gasteiger partial charge in [0.2, 0.25) is 0 Å². The van der Waals surface area contributed by atoms with Crippen molar-refractivity contribution >= 4 is 23.5 Å². The van der Waals surface area contributed by atoms with Gasteiger partial charge in [-0.3, -0.25) is 0 Å². The minimum absolute atomic E-state index is 0.780. The predicted octanol–water partition coefficient (Wildman–Crippen LogP) is 3.01. The van der Waals surface area contributed by atoms with Crippen LogP contribution in [0.1, 0.15) is 12.0 Å². The van der Waals surface area contributed by atoms with E-state index in [1.807, 2.05) is 11.8 Å². The van der Waals surface area contributed by atoms with Gasteiger partial charge in [-0.2, -0.15) is 23.5 Å². The lowest BCUT2D eigenvalue weighted by molar-refractivity contribution is 0.581. The van der Waals surface area contributed by atoms with Gasteiger partial charge in [0.25, 0.3) is 0 Å². The minimum Gasteiger partial charge on any atom is -0.312 e. The molecule has 1 aliphatic heterocycles. The molecule has 0 aromatic heterocycles. The molecule has 0 saturated carbocycles. The molecule has 1 aliphatic rings. The molecule has 1 heterocycles. The SMILES string of the molecule is c1ccc(CSCCNC2CCSC2)cc1. The molecule has 0 aliphatic carbocycles. The molecule has 3 heteroatoms. The van der Waals surface area contributed by atoms with Crippen molar-refractivity contribution in [3.63, 3.8) is 0 Å². The summed E-state index contributed by atoms with van der Waals surface area (Å²) in [4.78, 5) is 0. The largest absolute Gasteiger partial charge is 0.312 e. The van der Waals surface area contributed by atoms with Crippen molar-refractivity contribution in [2.24, 2.45) is 0 Å². The van der Waals surface area contributed by atoms with Crippen molar-refractivity contribution < 1.29 is 0 Å². The third-order valence-electron chi connectivity index (χ3n) is 2.72. The standard InChI is InChI=1S/C13H19NS2/c1-2-4-12(5-3-1)10-16-9-7-14-13-6-8-15-11-13/h1-5,13-14H,6-11H2. The quantitative estimate of drug-likeness (QED) is 0.783. The summed E-state index contributed by atoms with van der Waals surface area (Å²) in [5.74, 6) is 5.01. The zero-order valence-corrected chi connectivity index (χ0v) is 11.2. The molecule has 1 nitrogen and oxygen atoms in total. The zero-order chi connectivity index (χ0) is 11.1. The lowest BCUT2D eigenvalue weighted by atomic mass is 10.2. The van der Waals surface area contributed by atoms with Crippen LogP contribution in [0.15, 0.2) is 30.3 Å². The summed E-state index contributed by atoms with van der Waals surface area (Å²) in [6, 6.07) is 11.5. The molecular weight excluding hydrogens is 234 g/mol. The molecule has 1 unspecified atom stereocenters. The maximum atomic E-state index is 3.63. The number of nitrogens with one attached hydrogen (secondary N) is 1. The Bertz CT molecular complexity index is 283. The highest BCUT2D eigenvalue weighted by Gasteiger charge is 2.13. The number of thioether (sulfide) groups is 2. The Labute approximate surface area is 107 Å². The average Bonchev–Trinajstić information content (AvgIpc) is 2.83. The van der Waals surface area contributed by atoms with Gasteiger partial charge < -0.3 is 5.32 Å². The Morgan fingerprint density at radius 1 is 1.31 bits per heavy atom. The molecule has 1 aromatic rings. The molecule has 1 fully saturated rings. The molecule has 0 spiro atoms. The first-order chi connectivity index (χ1) is 7.95. The van der Waals surface area contributed by atoms with Crippen LogP contribution in [-0.2, 0) is 5.75 Å². The van der Waals surface area contributed by atoms with E-state index in [4.69, 9.17) is 0 Å². The third-order valence-corrected chi connectivity index (χ3v) is 4.91. The molecule has 0 bridgehead atoms. The van der Waals surface area contributed by atoms with Crippen molar-refractivity contribution in [3.8, 4) is 0 Å². The van der Waals surface area contributed by atoms with Gasteiger partial charge in [-0.1, -0.05) is 30.3 Å². The van der Waals surface area contributed by atoms with Gasteiger partial charge in [-0.05, 0) is 17.7 Å². The highest BCUT2D eigenvalue weighted by Crippen LogP contribution is 2.17. The van der Waals surface area contributed by atoms with Gasteiger partial charge in [0.15, 0.2) is 0 Å². The summed E-state index contributed by atoms with van der Waals surface area (Å²) in [7, 11) is 0. The van der Waals surface area contributed by atoms with E-state index in [2.05, 4.69) is 47.4 Å². The highest BCUT2D eigenvalue weighted by atomic mass is 32.2. The topological polar surface area (TPSA) is 12.0 Å². The van der Waals surface area contributed by atoms with E-state index in [-0.39, 0.29) is 0 Å². The van der Waals surface area contributed by atoms with Crippen LogP contribution in [0.2, 0.25) is 0 Å². The molecule has 0 radical (unpaired) electrons. The van der Waals surface area contributed by atoms with E-state index in [9.17, 15) is 0 Å². The first kappa shape index (κ1) is 12.3. The second-order valence-corrected chi connectivity index (χ2v) is 6.31. The molecule has 88 valence electrons. The second kappa shape index (κ2) is 7.25. The summed E-state index contributed by atoms with van der Waals surface area (Å²) in [5, 5.41) is 3.63. The Hall–Kier alpha value is -0.120. The molecule has 1 N–H and O–H groups in total. The molecule has 0 amide bonds. The fourth-order valence-corrected chi connectivity index (χ4v) is 3.82. The number of hydrogen-bond acceptors (Lipinski definition) is 3. The van der Waals surface area contributed by atoms with Crippen molar-refractivity contribution in [3.05, 3.63) is 35.9 Å². The van der Waals surface area contributed by atoms with Crippen LogP contribution in [0.4, 0.5) is 0 Å². The minimum atomic E-state index is 0.780. The van der Waals surface area contributed by atoms with E-state index in [1.165, 1.54) is 29.2 Å². The molecule has 1 aromatic carbocycles. The monoisotopic (exact) mass is 253 g/mol. The molecule has 2 rings (SSSR count). The van der Waals surface area contributed by atoms with Crippen molar-refractivity contribution in [1.29, 1.82) is 0 Å². The summed E-state index contributed by atoms with van der Waals surface area (Å²) in [6.45, 7) is 1.16. The summed E-state index contributed by atoms with van der Waals surface area (Å²) in [6.07, 6.45) is 1.36. The molecular formula is C13H19NS2. The molecule has 1 atom stereocenters. The normalized spacial score (nSPS) is 20.1. The lowest BCUT2D eigenvalue weighted by Gasteiger charge is -2.10. The van der Waals surface area contributed by atoms with Crippen molar-refractivity contribution in [2.75, 3.05) is 23.8 Å². The summed E-state index contributed by atoms with van der Waals surface area (Å²) >= 11 is 4.09. The van der Waals surface area contributed by atoms with Gasteiger partial charge in [0.05, 0.1) is 0 Å². The van der Waals surface area contributed by atoms with Crippen LogP contribution >= 0.6 is 23.5 Å². The summed E-state index contributed by atoms with van der Waals surface area (Å²) < 4.78 is 0. The molecule has 1 saturated heterocycles. The van der Waals surface area contributed by atoms with E-state index in [1.54, 1.807) is 0 Å². The van der Waals surface area contributed by atoms with Crippen LogP contribution in [-0.4, -0.2) is 29.8 Å². The number of rotatable bonds is 6. The number of benzene rings is 1. The Balaban J connectivity index is 1.52. The Morgan fingerprint density at radius 2 is 2.19 bits per heavy atom.